The molecule has 2 aromatic rings. The molecule has 7 nitrogen and oxygen atoms in total. The topological polar surface area (TPSA) is 101 Å². The summed E-state index contributed by atoms with van der Waals surface area (Å²) in [5.41, 5.74) is 9.75. The lowest BCUT2D eigenvalue weighted by molar-refractivity contribution is 0.103. The Hall–Kier alpha value is -3.94. The van der Waals surface area contributed by atoms with Crippen LogP contribution in [0.25, 0.3) is 17.8 Å². The Labute approximate surface area is 176 Å². The van der Waals surface area contributed by atoms with Gasteiger partial charge in [0.25, 0.3) is 0 Å². The largest absolute Gasteiger partial charge is 0.411 e. The zero-order valence-electron chi connectivity index (χ0n) is 17.2. The van der Waals surface area contributed by atoms with Gasteiger partial charge in [-0.25, -0.2) is 4.68 Å². The van der Waals surface area contributed by atoms with Gasteiger partial charge in [-0.3, -0.25) is 4.79 Å². The van der Waals surface area contributed by atoms with Crippen molar-refractivity contribution < 1.29 is 4.79 Å². The standard InChI is InChI=1S/C22H25BN6O/c1-5-9-14-11-20(26-18(14)10-6-2)21(30)16-13-25-29(22(16)24)15(7-3)12-19-17(8-4)27-23-28-19/h5-13,23,26-28H,1-2,24H2,3-4H3/b14-9-,15-7+,17-8+,18-10+,19-12+. The molecule has 1 saturated heterocycles. The molecule has 5 N–H and O–H groups in total. The summed E-state index contributed by atoms with van der Waals surface area (Å²) in [5.74, 6) is 0.0371. The number of ketones is 1. The number of H-pyrrole nitrogens is 1. The number of hydrogen-bond donors (Lipinski definition) is 4. The predicted molar refractivity (Wildman–Crippen MR) is 125 cm³/mol. The highest BCUT2D eigenvalue weighted by Gasteiger charge is 2.20. The van der Waals surface area contributed by atoms with Crippen molar-refractivity contribution in [3.05, 3.63) is 89.0 Å². The maximum absolute atomic E-state index is 13.1. The van der Waals surface area contributed by atoms with E-state index < -0.39 is 0 Å². The van der Waals surface area contributed by atoms with Gasteiger partial charge < -0.3 is 21.2 Å². The van der Waals surface area contributed by atoms with E-state index in [4.69, 9.17) is 5.73 Å². The molecule has 8 heteroatoms. The SMILES string of the molecule is C=C/C=c1/cc(C(=O)c2cnn(C(/C=C3/NBN/C3=C/C)=C/C)c2N)[nH]/c1=C/C=C. The third-order valence-corrected chi connectivity index (χ3v) is 4.73. The number of carbonyl (C=O) groups is 1. The minimum Gasteiger partial charge on any atom is -0.411 e. The maximum atomic E-state index is 13.1. The van der Waals surface area contributed by atoms with E-state index in [-0.39, 0.29) is 11.6 Å². The smallest absolute Gasteiger partial charge is 0.351 e. The summed E-state index contributed by atoms with van der Waals surface area (Å²) in [6, 6.07) is 1.76. The summed E-state index contributed by atoms with van der Waals surface area (Å²) >= 11 is 0. The fourth-order valence-corrected chi connectivity index (χ4v) is 3.24. The van der Waals surface area contributed by atoms with Crippen LogP contribution in [-0.2, 0) is 0 Å². The normalized spacial score (nSPS) is 17.7. The highest BCUT2D eigenvalue weighted by Crippen LogP contribution is 2.21. The Morgan fingerprint density at radius 3 is 2.60 bits per heavy atom. The summed E-state index contributed by atoms with van der Waals surface area (Å²) in [6.45, 7) is 11.3. The Balaban J connectivity index is 2.00. The number of allylic oxidation sites excluding steroid dienone is 6. The van der Waals surface area contributed by atoms with Gasteiger partial charge in [0.2, 0.25) is 5.78 Å². The number of aromatic amines is 1. The predicted octanol–water partition coefficient (Wildman–Crippen LogP) is 1.07. The van der Waals surface area contributed by atoms with E-state index in [2.05, 4.69) is 33.7 Å². The van der Waals surface area contributed by atoms with Crippen molar-refractivity contribution >= 4 is 37.0 Å². The molecule has 0 spiro atoms. The highest BCUT2D eigenvalue weighted by molar-refractivity contribution is 6.32. The van der Waals surface area contributed by atoms with Crippen LogP contribution in [0.1, 0.15) is 29.9 Å². The van der Waals surface area contributed by atoms with E-state index >= 15 is 0 Å². The number of aromatic nitrogens is 3. The van der Waals surface area contributed by atoms with E-state index in [0.717, 1.165) is 27.7 Å². The molecule has 152 valence electrons. The molecule has 0 radical (unpaired) electrons. The number of nitrogen functional groups attached to an aromatic ring is 1. The summed E-state index contributed by atoms with van der Waals surface area (Å²) in [5, 5.41) is 12.5. The quantitative estimate of drug-likeness (QED) is 0.429. The number of nitrogens with zero attached hydrogens (tertiary/aromatic N) is 2. The lowest BCUT2D eigenvalue weighted by Crippen LogP contribution is -2.21. The van der Waals surface area contributed by atoms with Crippen LogP contribution >= 0.6 is 0 Å². The molecule has 0 bridgehead atoms. The molecule has 0 atom stereocenters. The molecular weight excluding hydrogens is 375 g/mol. The molecular formula is C22H25BN6O. The van der Waals surface area contributed by atoms with E-state index in [1.54, 1.807) is 29.0 Å². The molecule has 3 heterocycles. The van der Waals surface area contributed by atoms with E-state index in [1.807, 2.05) is 38.2 Å². The van der Waals surface area contributed by atoms with Crippen molar-refractivity contribution in [1.29, 1.82) is 0 Å². The second-order valence-corrected chi connectivity index (χ2v) is 6.55. The van der Waals surface area contributed by atoms with E-state index in [9.17, 15) is 4.79 Å². The molecule has 0 saturated carbocycles. The zero-order valence-corrected chi connectivity index (χ0v) is 17.2. The first kappa shape index (κ1) is 20.8. The Kier molecular flexibility index (Phi) is 6.27. The third kappa shape index (κ3) is 3.93. The van der Waals surface area contributed by atoms with Crippen LogP contribution in [0.2, 0.25) is 0 Å². The number of nitrogens with one attached hydrogen (secondary N) is 3. The second kappa shape index (κ2) is 9.04. The average molecular weight is 400 g/mol. The molecule has 0 aliphatic carbocycles. The molecule has 0 unspecified atom stereocenters. The number of nitrogens with two attached hydrogens (primary N) is 1. The van der Waals surface area contributed by atoms with E-state index in [1.165, 1.54) is 6.20 Å². The van der Waals surface area contributed by atoms with Crippen molar-refractivity contribution in [2.24, 2.45) is 0 Å². The van der Waals surface area contributed by atoms with Crippen LogP contribution in [0.3, 0.4) is 0 Å². The van der Waals surface area contributed by atoms with Crippen LogP contribution < -0.4 is 26.8 Å². The number of hydrogen-bond acceptors (Lipinski definition) is 5. The minimum absolute atomic E-state index is 0.237. The van der Waals surface area contributed by atoms with Gasteiger partial charge >= 0.3 is 7.55 Å². The Morgan fingerprint density at radius 1 is 1.20 bits per heavy atom. The fraction of sp³-hybridized carbons (Fsp3) is 0.0909. The van der Waals surface area contributed by atoms with Crippen molar-refractivity contribution in [1.82, 2.24) is 25.2 Å². The third-order valence-electron chi connectivity index (χ3n) is 4.73. The van der Waals surface area contributed by atoms with Gasteiger partial charge in [-0.1, -0.05) is 43.5 Å². The summed E-state index contributed by atoms with van der Waals surface area (Å²) < 4.78 is 1.56. The molecule has 30 heavy (non-hydrogen) atoms. The molecule has 1 aliphatic heterocycles. The highest BCUT2D eigenvalue weighted by atomic mass is 16.1. The fourth-order valence-electron chi connectivity index (χ4n) is 3.24. The minimum atomic E-state index is -0.237. The summed E-state index contributed by atoms with van der Waals surface area (Å²) in [7, 11) is 0.655. The zero-order chi connectivity index (χ0) is 21.7. The van der Waals surface area contributed by atoms with Crippen LogP contribution in [0.15, 0.2) is 67.2 Å². The van der Waals surface area contributed by atoms with Gasteiger partial charge in [0.15, 0.2) is 0 Å². The summed E-state index contributed by atoms with van der Waals surface area (Å²) in [4.78, 5) is 16.2. The number of carbonyl (C=O) groups excluding carboxylic acids is 1. The first-order valence-corrected chi connectivity index (χ1v) is 9.59. The second-order valence-electron chi connectivity index (χ2n) is 6.55. The van der Waals surface area contributed by atoms with Crippen LogP contribution in [-0.4, -0.2) is 28.1 Å². The monoisotopic (exact) mass is 400 g/mol. The van der Waals surface area contributed by atoms with Crippen LogP contribution in [0.4, 0.5) is 5.82 Å². The van der Waals surface area contributed by atoms with Gasteiger partial charge in [-0.2, -0.15) is 5.10 Å². The molecule has 0 amide bonds. The van der Waals surface area contributed by atoms with E-state index in [0.29, 0.717) is 18.8 Å². The molecule has 2 aromatic heterocycles. The Morgan fingerprint density at radius 2 is 1.93 bits per heavy atom. The molecule has 0 aromatic carbocycles. The maximum Gasteiger partial charge on any atom is 0.351 e. The molecule has 1 fully saturated rings. The first-order chi connectivity index (χ1) is 14.5. The Bertz CT molecular complexity index is 1170. The van der Waals surface area contributed by atoms with Gasteiger partial charge in [0, 0.05) is 22.0 Å². The van der Waals surface area contributed by atoms with Crippen molar-refractivity contribution in [3.8, 4) is 0 Å². The van der Waals surface area contributed by atoms with Crippen molar-refractivity contribution in [2.45, 2.75) is 13.8 Å². The van der Waals surface area contributed by atoms with Gasteiger partial charge in [0.05, 0.1) is 23.2 Å². The van der Waals surface area contributed by atoms with Crippen LogP contribution in [0, 0.1) is 0 Å². The van der Waals surface area contributed by atoms with Crippen molar-refractivity contribution in [3.63, 3.8) is 0 Å². The van der Waals surface area contributed by atoms with Gasteiger partial charge in [-0.15, -0.1) is 0 Å². The van der Waals surface area contributed by atoms with Crippen molar-refractivity contribution in [2.75, 3.05) is 5.73 Å². The van der Waals surface area contributed by atoms with Crippen LogP contribution in [0.5, 0.6) is 0 Å². The molecule has 1 aliphatic rings. The lowest BCUT2D eigenvalue weighted by Gasteiger charge is -2.08. The van der Waals surface area contributed by atoms with Gasteiger partial charge in [0.1, 0.15) is 5.82 Å². The van der Waals surface area contributed by atoms with Gasteiger partial charge in [-0.05, 0) is 32.1 Å². The lowest BCUT2D eigenvalue weighted by atomic mass is 10.1. The summed E-state index contributed by atoms with van der Waals surface area (Å²) in [6.07, 6.45) is 14.2. The first-order valence-electron chi connectivity index (χ1n) is 9.59. The average Bonchev–Trinajstić information content (AvgIpc) is 3.45. The number of anilines is 1. The molecule has 3 rings (SSSR count). The number of rotatable bonds is 6.